The highest BCUT2D eigenvalue weighted by Crippen LogP contribution is 2.24. The molecule has 18 heavy (non-hydrogen) atoms. The van der Waals surface area contributed by atoms with Crippen LogP contribution in [0.2, 0.25) is 0 Å². The van der Waals surface area contributed by atoms with Crippen molar-refractivity contribution >= 4 is 34.4 Å². The molecule has 0 spiro atoms. The molecule has 2 aromatic carbocycles. The van der Waals surface area contributed by atoms with Crippen LogP contribution in [0, 0.1) is 6.92 Å². The van der Waals surface area contributed by atoms with Crippen molar-refractivity contribution in [1.82, 2.24) is 0 Å². The molecule has 0 aliphatic heterocycles. The van der Waals surface area contributed by atoms with E-state index >= 15 is 0 Å². The summed E-state index contributed by atoms with van der Waals surface area (Å²) in [7, 11) is 0. The summed E-state index contributed by atoms with van der Waals surface area (Å²) in [6.07, 6.45) is 2.00. The Balaban J connectivity index is 2.17. The maximum atomic E-state index is 4.34. The van der Waals surface area contributed by atoms with Crippen molar-refractivity contribution in [3.8, 4) is 0 Å². The Bertz CT molecular complexity index is 535. The average Bonchev–Trinajstić information content (AvgIpc) is 2.40. The van der Waals surface area contributed by atoms with Gasteiger partial charge in [0.15, 0.2) is 0 Å². The van der Waals surface area contributed by atoms with Crippen LogP contribution in [0.1, 0.15) is 5.56 Å². The van der Waals surface area contributed by atoms with E-state index in [1.165, 1.54) is 5.56 Å². The van der Waals surface area contributed by atoms with Gasteiger partial charge in [0.25, 0.3) is 0 Å². The van der Waals surface area contributed by atoms with E-state index in [2.05, 4.69) is 41.5 Å². The third-order valence-electron chi connectivity index (χ3n) is 2.57. The highest BCUT2D eigenvalue weighted by molar-refractivity contribution is 8.11. The van der Waals surface area contributed by atoms with Gasteiger partial charge < -0.3 is 5.32 Å². The number of aliphatic imine (C=N–C) groups is 1. The van der Waals surface area contributed by atoms with E-state index in [-0.39, 0.29) is 0 Å². The summed E-state index contributed by atoms with van der Waals surface area (Å²) in [5, 5.41) is 3.40. The predicted molar refractivity (Wildman–Crippen MR) is 82.6 cm³/mol. The molecule has 0 fully saturated rings. The van der Waals surface area contributed by atoms with Gasteiger partial charge in [-0.2, -0.15) is 0 Å². The van der Waals surface area contributed by atoms with Crippen molar-refractivity contribution in [3.05, 3.63) is 54.1 Å². The Hall–Kier alpha value is -1.74. The zero-order valence-electron chi connectivity index (χ0n) is 10.6. The molecule has 0 aliphatic carbocycles. The molecule has 2 nitrogen and oxygen atoms in total. The summed E-state index contributed by atoms with van der Waals surface area (Å²) >= 11 is 1.60. The van der Waals surface area contributed by atoms with Crippen molar-refractivity contribution < 1.29 is 0 Å². The fraction of sp³-hybridized carbons (Fsp3) is 0.133. The Morgan fingerprint density at radius 3 is 2.56 bits per heavy atom. The molecule has 0 amide bonds. The summed E-state index contributed by atoms with van der Waals surface area (Å²) in [6.45, 7) is 2.09. The van der Waals surface area contributed by atoms with Crippen molar-refractivity contribution in [2.45, 2.75) is 6.92 Å². The molecule has 0 radical (unpaired) electrons. The number of hydrogen-bond acceptors (Lipinski definition) is 3. The third-order valence-corrected chi connectivity index (χ3v) is 2.89. The van der Waals surface area contributed by atoms with Crippen LogP contribution in [0.4, 0.5) is 17.1 Å². The van der Waals surface area contributed by atoms with Crippen LogP contribution in [0.5, 0.6) is 0 Å². The standard InChI is InChI=1S/C15H16N2S/c1-12-10-14(16-11-18-2)8-9-15(12)17-13-6-4-3-5-7-13/h3-11,17H,1-2H3/b16-11+. The number of rotatable bonds is 4. The van der Waals surface area contributed by atoms with Crippen LogP contribution < -0.4 is 5.32 Å². The van der Waals surface area contributed by atoms with E-state index in [1.807, 2.05) is 36.1 Å². The van der Waals surface area contributed by atoms with Crippen LogP contribution in [0.3, 0.4) is 0 Å². The summed E-state index contributed by atoms with van der Waals surface area (Å²) in [6, 6.07) is 16.3. The second kappa shape index (κ2) is 6.26. The lowest BCUT2D eigenvalue weighted by Crippen LogP contribution is -1.92. The zero-order valence-corrected chi connectivity index (χ0v) is 11.4. The molecule has 0 heterocycles. The lowest BCUT2D eigenvalue weighted by Gasteiger charge is -2.09. The number of benzene rings is 2. The van der Waals surface area contributed by atoms with Gasteiger partial charge in [0.1, 0.15) is 0 Å². The van der Waals surface area contributed by atoms with Crippen LogP contribution in [0.25, 0.3) is 0 Å². The lowest BCUT2D eigenvalue weighted by molar-refractivity contribution is 1.41. The van der Waals surface area contributed by atoms with Crippen molar-refractivity contribution in [3.63, 3.8) is 0 Å². The highest BCUT2D eigenvalue weighted by Gasteiger charge is 1.99. The zero-order chi connectivity index (χ0) is 12.8. The minimum Gasteiger partial charge on any atom is -0.355 e. The van der Waals surface area contributed by atoms with Gasteiger partial charge >= 0.3 is 0 Å². The van der Waals surface area contributed by atoms with E-state index in [0.717, 1.165) is 17.1 Å². The SMILES string of the molecule is CS/C=N/c1ccc(Nc2ccccc2)c(C)c1. The van der Waals surface area contributed by atoms with Gasteiger partial charge in [0.05, 0.1) is 11.2 Å². The fourth-order valence-corrected chi connectivity index (χ4v) is 1.89. The summed E-state index contributed by atoms with van der Waals surface area (Å²) < 4.78 is 0. The largest absolute Gasteiger partial charge is 0.355 e. The number of para-hydroxylation sites is 1. The average molecular weight is 256 g/mol. The van der Waals surface area contributed by atoms with Gasteiger partial charge in [0, 0.05) is 11.4 Å². The van der Waals surface area contributed by atoms with Crippen LogP contribution in [-0.4, -0.2) is 11.8 Å². The van der Waals surface area contributed by atoms with Gasteiger partial charge in [0.2, 0.25) is 0 Å². The van der Waals surface area contributed by atoms with Gasteiger partial charge in [-0.15, -0.1) is 11.8 Å². The molecular weight excluding hydrogens is 240 g/mol. The molecule has 0 saturated carbocycles. The summed E-state index contributed by atoms with van der Waals surface area (Å²) in [4.78, 5) is 4.34. The second-order valence-electron chi connectivity index (χ2n) is 3.96. The normalized spacial score (nSPS) is 10.8. The smallest absolute Gasteiger partial charge is 0.0640 e. The van der Waals surface area contributed by atoms with Crippen LogP contribution >= 0.6 is 11.8 Å². The van der Waals surface area contributed by atoms with E-state index in [0.29, 0.717) is 0 Å². The predicted octanol–water partition coefficient (Wildman–Crippen LogP) is 4.76. The molecule has 0 atom stereocenters. The van der Waals surface area contributed by atoms with Gasteiger partial charge in [-0.1, -0.05) is 18.2 Å². The van der Waals surface area contributed by atoms with Crippen LogP contribution in [0.15, 0.2) is 53.5 Å². The summed E-state index contributed by atoms with van der Waals surface area (Å²) in [5.74, 6) is 0. The van der Waals surface area contributed by atoms with Gasteiger partial charge in [-0.05, 0) is 49.1 Å². The molecule has 2 aromatic rings. The Labute approximate surface area is 112 Å². The summed E-state index contributed by atoms with van der Waals surface area (Å²) in [5.41, 5.74) is 6.24. The minimum absolute atomic E-state index is 0.987. The maximum absolute atomic E-state index is 4.34. The first-order chi connectivity index (χ1) is 8.79. The number of thioether (sulfide) groups is 1. The van der Waals surface area contributed by atoms with Crippen LogP contribution in [-0.2, 0) is 0 Å². The van der Waals surface area contributed by atoms with Crippen molar-refractivity contribution in [2.75, 3.05) is 11.6 Å². The van der Waals surface area contributed by atoms with E-state index in [4.69, 9.17) is 0 Å². The Morgan fingerprint density at radius 1 is 1.11 bits per heavy atom. The molecule has 0 unspecified atom stereocenters. The number of anilines is 2. The fourth-order valence-electron chi connectivity index (χ4n) is 1.66. The molecule has 1 N–H and O–H groups in total. The number of nitrogens with one attached hydrogen (secondary N) is 1. The minimum atomic E-state index is 0.987. The molecule has 0 saturated heterocycles. The van der Waals surface area contributed by atoms with Crippen molar-refractivity contribution in [1.29, 1.82) is 0 Å². The van der Waals surface area contributed by atoms with E-state index < -0.39 is 0 Å². The Kier molecular flexibility index (Phi) is 4.42. The molecule has 2 rings (SSSR count). The number of aryl methyl sites for hydroxylation is 1. The molecular formula is C15H16N2S. The first-order valence-corrected chi connectivity index (χ1v) is 7.06. The topological polar surface area (TPSA) is 24.4 Å². The Morgan fingerprint density at radius 2 is 1.89 bits per heavy atom. The monoisotopic (exact) mass is 256 g/mol. The quantitative estimate of drug-likeness (QED) is 0.630. The number of hydrogen-bond donors (Lipinski definition) is 1. The molecule has 0 bridgehead atoms. The first-order valence-electron chi connectivity index (χ1n) is 5.77. The highest BCUT2D eigenvalue weighted by atomic mass is 32.2. The lowest BCUT2D eigenvalue weighted by atomic mass is 10.1. The van der Waals surface area contributed by atoms with Gasteiger partial charge in [-0.25, -0.2) is 0 Å². The molecule has 0 aromatic heterocycles. The van der Waals surface area contributed by atoms with E-state index in [9.17, 15) is 0 Å². The first kappa shape index (κ1) is 12.7. The number of nitrogens with zero attached hydrogens (tertiary/aromatic N) is 1. The second-order valence-corrected chi connectivity index (χ2v) is 4.64. The van der Waals surface area contributed by atoms with Gasteiger partial charge in [-0.3, -0.25) is 4.99 Å². The molecule has 3 heteroatoms. The molecule has 0 aliphatic rings. The molecule has 92 valence electrons. The third kappa shape index (κ3) is 3.37. The van der Waals surface area contributed by atoms with Crippen molar-refractivity contribution in [2.24, 2.45) is 4.99 Å². The van der Waals surface area contributed by atoms with E-state index in [1.54, 1.807) is 11.8 Å². The maximum Gasteiger partial charge on any atom is 0.0640 e.